The van der Waals surface area contributed by atoms with E-state index >= 15 is 0 Å². The third-order valence-electron chi connectivity index (χ3n) is 7.59. The minimum Gasteiger partial charge on any atom is -0.0885 e. The van der Waals surface area contributed by atoms with Crippen LogP contribution < -0.4 is 0 Å². The van der Waals surface area contributed by atoms with Crippen molar-refractivity contribution in [1.82, 2.24) is 0 Å². The number of hydrogen-bond acceptors (Lipinski definition) is 0. The molecule has 203 valence electrons. The lowest BCUT2D eigenvalue weighted by Crippen LogP contribution is -1.95. The van der Waals surface area contributed by atoms with Gasteiger partial charge in [0.2, 0.25) is 0 Å². The summed E-state index contributed by atoms with van der Waals surface area (Å²) in [5.74, 6) is 0.708. The number of unbranched alkanes of at least 4 members (excludes halogenated alkanes) is 23. The van der Waals surface area contributed by atoms with Crippen LogP contribution in [0.5, 0.6) is 0 Å². The van der Waals surface area contributed by atoms with E-state index in [0.717, 1.165) is 0 Å². The average molecular weight is 476 g/mol. The maximum atomic E-state index is 4.43. The zero-order valence-electron chi connectivity index (χ0n) is 24.2. The molecule has 1 radical (unpaired) electrons. The molecule has 0 aromatic carbocycles. The summed E-state index contributed by atoms with van der Waals surface area (Å²) in [5, 5.41) is 0. The van der Waals surface area contributed by atoms with Crippen molar-refractivity contribution in [3.8, 4) is 0 Å². The Balaban J connectivity index is 3.18. The number of rotatable bonds is 29. The molecule has 0 aliphatic carbocycles. The second kappa shape index (κ2) is 30.8. The van der Waals surface area contributed by atoms with Gasteiger partial charge in [0, 0.05) is 0 Å². The van der Waals surface area contributed by atoms with E-state index in [1.165, 1.54) is 180 Å². The van der Waals surface area contributed by atoms with E-state index in [2.05, 4.69) is 32.9 Å². The van der Waals surface area contributed by atoms with Crippen LogP contribution in [0, 0.1) is 12.8 Å². The van der Waals surface area contributed by atoms with Crippen molar-refractivity contribution in [2.75, 3.05) is 0 Å². The second-order valence-corrected chi connectivity index (χ2v) is 11.3. The zero-order valence-corrected chi connectivity index (χ0v) is 24.2. The minimum atomic E-state index is 0.708. The molecule has 0 bridgehead atoms. The first-order valence-electron chi connectivity index (χ1n) is 16.3. The summed E-state index contributed by atoms with van der Waals surface area (Å²) in [6.45, 7) is 9.02. The topological polar surface area (TPSA) is 0 Å². The molecule has 1 atom stereocenters. The van der Waals surface area contributed by atoms with Crippen molar-refractivity contribution >= 4 is 0 Å². The molecule has 0 aromatic rings. The van der Waals surface area contributed by atoms with Gasteiger partial charge in [0.05, 0.1) is 0 Å². The summed E-state index contributed by atoms with van der Waals surface area (Å²) in [6, 6.07) is 0. The molecule has 0 saturated heterocycles. The molecular formula is C34H67. The van der Waals surface area contributed by atoms with Crippen molar-refractivity contribution in [1.29, 1.82) is 0 Å². The molecule has 0 saturated carbocycles. The van der Waals surface area contributed by atoms with Gasteiger partial charge in [0.25, 0.3) is 0 Å². The van der Waals surface area contributed by atoms with Crippen LogP contribution >= 0.6 is 0 Å². The summed E-state index contributed by atoms with van der Waals surface area (Å²) >= 11 is 0. The predicted molar refractivity (Wildman–Crippen MR) is 159 cm³/mol. The molecule has 0 fully saturated rings. The van der Waals surface area contributed by atoms with E-state index in [1.807, 2.05) is 0 Å². The molecule has 0 aromatic heterocycles. The summed E-state index contributed by atoms with van der Waals surface area (Å²) in [6.07, 6.45) is 44.6. The Hall–Kier alpha value is -0.260. The first-order chi connectivity index (χ1) is 16.8. The molecule has 0 spiro atoms. The number of allylic oxidation sites excluding steroid dienone is 2. The number of hydrogen-bond donors (Lipinski definition) is 0. The summed E-state index contributed by atoms with van der Waals surface area (Å²) in [7, 11) is 0. The van der Waals surface area contributed by atoms with E-state index in [0.29, 0.717) is 5.92 Å². The Kier molecular flexibility index (Phi) is 30.5. The Labute approximate surface area is 218 Å². The van der Waals surface area contributed by atoms with Crippen LogP contribution in [0.25, 0.3) is 0 Å². The van der Waals surface area contributed by atoms with Crippen LogP contribution in [-0.2, 0) is 0 Å². The van der Waals surface area contributed by atoms with E-state index in [4.69, 9.17) is 0 Å². The maximum absolute atomic E-state index is 4.43. The van der Waals surface area contributed by atoms with Crippen LogP contribution in [0.15, 0.2) is 12.2 Å². The highest BCUT2D eigenvalue weighted by Gasteiger charge is 2.02. The molecule has 34 heavy (non-hydrogen) atoms. The van der Waals surface area contributed by atoms with E-state index in [-0.39, 0.29) is 0 Å². The van der Waals surface area contributed by atoms with E-state index in [9.17, 15) is 0 Å². The SMILES string of the molecule is [CH2]C(CCCCCCCC/C=C\CCCCCCCC)CCCCCCCCCCCCCC. The van der Waals surface area contributed by atoms with Gasteiger partial charge in [-0.1, -0.05) is 187 Å². The van der Waals surface area contributed by atoms with Crippen LogP contribution in [0.3, 0.4) is 0 Å². The fourth-order valence-corrected chi connectivity index (χ4v) is 5.10. The van der Waals surface area contributed by atoms with Gasteiger partial charge in [-0.2, -0.15) is 0 Å². The summed E-state index contributed by atoms with van der Waals surface area (Å²) in [5.41, 5.74) is 0. The molecule has 0 amide bonds. The molecule has 0 rings (SSSR count). The predicted octanol–water partition coefficient (Wildman–Crippen LogP) is 13.0. The molecule has 0 aliphatic heterocycles. The standard InChI is InChI=1S/C34H67/c1-4-6-8-10-12-14-16-18-19-20-21-23-25-27-29-31-33-34(3)32-30-28-26-24-22-17-15-13-11-9-7-5-2/h18-19,34H,3-17,20-33H2,1-2H3/b19-18-. The molecule has 0 N–H and O–H groups in total. The van der Waals surface area contributed by atoms with Crippen LogP contribution in [0.4, 0.5) is 0 Å². The second-order valence-electron chi connectivity index (χ2n) is 11.3. The van der Waals surface area contributed by atoms with Gasteiger partial charge in [0.1, 0.15) is 0 Å². The quantitative estimate of drug-likeness (QED) is 0.0745. The van der Waals surface area contributed by atoms with Gasteiger partial charge < -0.3 is 0 Å². The molecule has 0 nitrogen and oxygen atoms in total. The highest BCUT2D eigenvalue weighted by atomic mass is 14.1. The first kappa shape index (κ1) is 33.7. The minimum absolute atomic E-state index is 0.708. The fourth-order valence-electron chi connectivity index (χ4n) is 5.10. The molecule has 1 unspecified atom stereocenters. The molecule has 0 heterocycles. The Morgan fingerprint density at radius 1 is 0.382 bits per heavy atom. The van der Waals surface area contributed by atoms with Crippen molar-refractivity contribution < 1.29 is 0 Å². The van der Waals surface area contributed by atoms with E-state index in [1.54, 1.807) is 0 Å². The smallest absolute Gasteiger partial charge is 0.0351 e. The van der Waals surface area contributed by atoms with Gasteiger partial charge in [-0.05, 0) is 31.6 Å². The highest BCUT2D eigenvalue weighted by molar-refractivity contribution is 4.81. The van der Waals surface area contributed by atoms with Gasteiger partial charge in [-0.3, -0.25) is 0 Å². The van der Waals surface area contributed by atoms with Crippen molar-refractivity contribution in [2.45, 2.75) is 194 Å². The Morgan fingerprint density at radius 3 is 0.971 bits per heavy atom. The van der Waals surface area contributed by atoms with Gasteiger partial charge in [-0.25, -0.2) is 0 Å². The van der Waals surface area contributed by atoms with E-state index < -0.39 is 0 Å². The third-order valence-corrected chi connectivity index (χ3v) is 7.59. The van der Waals surface area contributed by atoms with Gasteiger partial charge in [0.15, 0.2) is 0 Å². The lowest BCUT2D eigenvalue weighted by molar-refractivity contribution is 0.460. The van der Waals surface area contributed by atoms with Crippen LogP contribution in [-0.4, -0.2) is 0 Å². The maximum Gasteiger partial charge on any atom is -0.0351 e. The van der Waals surface area contributed by atoms with Gasteiger partial charge >= 0.3 is 0 Å². The van der Waals surface area contributed by atoms with Crippen molar-refractivity contribution in [3.63, 3.8) is 0 Å². The molecule has 0 aliphatic rings. The normalized spacial score (nSPS) is 12.7. The zero-order chi connectivity index (χ0) is 24.8. The van der Waals surface area contributed by atoms with Crippen molar-refractivity contribution in [2.24, 2.45) is 5.92 Å². The first-order valence-corrected chi connectivity index (χ1v) is 16.3. The third kappa shape index (κ3) is 29.8. The van der Waals surface area contributed by atoms with Crippen molar-refractivity contribution in [3.05, 3.63) is 19.1 Å². The largest absolute Gasteiger partial charge is 0.0885 e. The Morgan fingerprint density at radius 2 is 0.647 bits per heavy atom. The Bertz CT molecular complexity index is 368. The molecule has 0 heteroatoms. The lowest BCUT2D eigenvalue weighted by atomic mass is 9.95. The highest BCUT2D eigenvalue weighted by Crippen LogP contribution is 2.19. The summed E-state index contributed by atoms with van der Waals surface area (Å²) < 4.78 is 0. The summed E-state index contributed by atoms with van der Waals surface area (Å²) in [4.78, 5) is 0. The monoisotopic (exact) mass is 476 g/mol. The fraction of sp³-hybridized carbons (Fsp3) is 0.912. The lowest BCUT2D eigenvalue weighted by Gasteiger charge is -2.11. The van der Waals surface area contributed by atoms with Crippen LogP contribution in [0.2, 0.25) is 0 Å². The van der Waals surface area contributed by atoms with Crippen LogP contribution in [0.1, 0.15) is 194 Å². The average Bonchev–Trinajstić information content (AvgIpc) is 2.84. The molecular weight excluding hydrogens is 408 g/mol. The van der Waals surface area contributed by atoms with Gasteiger partial charge in [-0.15, -0.1) is 0 Å².